The third-order valence-electron chi connectivity index (χ3n) is 7.96. The maximum Gasteiger partial charge on any atom is 0.317 e. The number of urea groups is 1. The van der Waals surface area contributed by atoms with Crippen LogP contribution in [0.2, 0.25) is 0 Å². The van der Waals surface area contributed by atoms with E-state index in [1.807, 2.05) is 6.07 Å². The number of aliphatic hydroxyl groups is 1. The van der Waals surface area contributed by atoms with Gasteiger partial charge in [0.25, 0.3) is 0 Å². The molecule has 3 fully saturated rings. The fourth-order valence-corrected chi connectivity index (χ4v) is 6.44. The fraction of sp³-hybridized carbons (Fsp3) is 0.667. The van der Waals surface area contributed by atoms with Crippen LogP contribution in [0.3, 0.4) is 0 Å². The van der Waals surface area contributed by atoms with Crippen LogP contribution in [0.5, 0.6) is 0 Å². The molecule has 1 aromatic carbocycles. The van der Waals surface area contributed by atoms with Gasteiger partial charge in [0, 0.05) is 24.5 Å². The number of nitrogens with zero attached hydrogens (tertiary/aromatic N) is 2. The van der Waals surface area contributed by atoms with Crippen molar-refractivity contribution in [2.45, 2.75) is 74.0 Å². The van der Waals surface area contributed by atoms with E-state index in [-0.39, 0.29) is 36.0 Å². The smallest absolute Gasteiger partial charge is 0.317 e. The molecule has 1 heterocycles. The molecule has 2 saturated carbocycles. The van der Waals surface area contributed by atoms with Gasteiger partial charge in [-0.1, -0.05) is 30.3 Å². The number of hydrogen-bond acceptors (Lipinski definition) is 4. The summed E-state index contributed by atoms with van der Waals surface area (Å²) in [6, 6.07) is 10.4. The Balaban J connectivity index is 1.60. The highest BCUT2D eigenvalue weighted by molar-refractivity contribution is 5.78. The highest BCUT2D eigenvalue weighted by atomic mass is 16.4. The SMILES string of the molecule is CN(C)C(C1(O)CCC1)C1(c2ccccc2)CCC2(CC1)CN(CCC(=O)O)C(=O)N2. The Morgan fingerprint density at radius 2 is 1.77 bits per heavy atom. The lowest BCUT2D eigenvalue weighted by molar-refractivity contribution is -0.137. The van der Waals surface area contributed by atoms with E-state index in [9.17, 15) is 14.7 Å². The summed E-state index contributed by atoms with van der Waals surface area (Å²) in [5, 5.41) is 23.7. The minimum Gasteiger partial charge on any atom is -0.481 e. The van der Waals surface area contributed by atoms with Crippen molar-refractivity contribution in [3.05, 3.63) is 35.9 Å². The zero-order chi connectivity index (χ0) is 22.3. The van der Waals surface area contributed by atoms with Gasteiger partial charge in [0.05, 0.1) is 17.6 Å². The van der Waals surface area contributed by atoms with E-state index < -0.39 is 11.6 Å². The molecule has 170 valence electrons. The molecule has 2 aliphatic carbocycles. The summed E-state index contributed by atoms with van der Waals surface area (Å²) in [5.74, 6) is -0.886. The number of carboxylic acids is 1. The Labute approximate surface area is 184 Å². The van der Waals surface area contributed by atoms with Crippen LogP contribution in [0.25, 0.3) is 0 Å². The van der Waals surface area contributed by atoms with Crippen molar-refractivity contribution >= 4 is 12.0 Å². The quantitative estimate of drug-likeness (QED) is 0.620. The number of benzene rings is 1. The van der Waals surface area contributed by atoms with Gasteiger partial charge in [-0.3, -0.25) is 4.79 Å². The molecule has 1 unspecified atom stereocenters. The molecule has 0 bridgehead atoms. The predicted octanol–water partition coefficient (Wildman–Crippen LogP) is 2.58. The van der Waals surface area contributed by atoms with Crippen LogP contribution >= 0.6 is 0 Å². The highest BCUT2D eigenvalue weighted by Crippen LogP contribution is 2.53. The lowest BCUT2D eigenvalue weighted by Crippen LogP contribution is -2.66. The predicted molar refractivity (Wildman–Crippen MR) is 118 cm³/mol. The first-order valence-electron chi connectivity index (χ1n) is 11.4. The second kappa shape index (κ2) is 8.10. The maximum atomic E-state index is 12.5. The van der Waals surface area contributed by atoms with Crippen LogP contribution in [0.1, 0.15) is 56.9 Å². The topological polar surface area (TPSA) is 93.1 Å². The van der Waals surface area contributed by atoms with Crippen LogP contribution in [0, 0.1) is 0 Å². The first-order chi connectivity index (χ1) is 14.7. The average Bonchev–Trinajstić information content (AvgIpc) is 3.02. The monoisotopic (exact) mass is 429 g/mol. The van der Waals surface area contributed by atoms with Gasteiger partial charge in [-0.15, -0.1) is 0 Å². The number of rotatable bonds is 7. The van der Waals surface area contributed by atoms with Gasteiger partial charge < -0.3 is 25.3 Å². The van der Waals surface area contributed by atoms with Gasteiger partial charge in [-0.2, -0.15) is 0 Å². The number of carbonyl (C=O) groups excluding carboxylic acids is 1. The van der Waals surface area contributed by atoms with Crippen molar-refractivity contribution in [1.29, 1.82) is 0 Å². The Kier molecular flexibility index (Phi) is 5.77. The molecule has 1 spiro atoms. The Morgan fingerprint density at radius 1 is 1.13 bits per heavy atom. The van der Waals surface area contributed by atoms with Crippen molar-refractivity contribution in [1.82, 2.24) is 15.1 Å². The van der Waals surface area contributed by atoms with E-state index in [0.29, 0.717) is 6.54 Å². The van der Waals surface area contributed by atoms with Crippen LogP contribution < -0.4 is 5.32 Å². The van der Waals surface area contributed by atoms with E-state index in [1.54, 1.807) is 4.90 Å². The second-order valence-electron chi connectivity index (χ2n) is 10.1. The second-order valence-corrected chi connectivity index (χ2v) is 10.1. The number of carboxylic acid groups (broad SMARTS) is 1. The standard InChI is InChI=1S/C24H35N3O4/c1-26(2)20(24(31)10-6-11-24)23(18-7-4-3-5-8-18)14-12-22(13-15-23)17-27(21(30)25-22)16-9-19(28)29/h3-5,7-8,20,31H,6,9-17H2,1-2H3,(H,25,30)(H,28,29). The van der Waals surface area contributed by atoms with Crippen molar-refractivity contribution in [3.8, 4) is 0 Å². The molecule has 0 radical (unpaired) electrons. The van der Waals surface area contributed by atoms with Gasteiger partial charge >= 0.3 is 12.0 Å². The number of carbonyl (C=O) groups is 2. The molecule has 1 aromatic rings. The summed E-state index contributed by atoms with van der Waals surface area (Å²) < 4.78 is 0. The number of amides is 2. The molecule has 7 nitrogen and oxygen atoms in total. The molecule has 31 heavy (non-hydrogen) atoms. The number of likely N-dealkylation sites (N-methyl/N-ethyl adjacent to an activating group) is 1. The van der Waals surface area contributed by atoms with Crippen LogP contribution in [0.15, 0.2) is 30.3 Å². The third-order valence-corrected chi connectivity index (χ3v) is 7.96. The lowest BCUT2D eigenvalue weighted by atomic mass is 9.54. The molecule has 7 heteroatoms. The summed E-state index contributed by atoms with van der Waals surface area (Å²) in [5.41, 5.74) is 0.0733. The van der Waals surface area contributed by atoms with Crippen molar-refractivity contribution in [2.24, 2.45) is 0 Å². The maximum absolute atomic E-state index is 12.5. The van der Waals surface area contributed by atoms with Gasteiger partial charge in [-0.25, -0.2) is 4.79 Å². The van der Waals surface area contributed by atoms with E-state index in [1.165, 1.54) is 5.56 Å². The fourth-order valence-electron chi connectivity index (χ4n) is 6.44. The van der Waals surface area contributed by atoms with Crippen molar-refractivity contribution in [3.63, 3.8) is 0 Å². The number of aliphatic carboxylic acids is 1. The summed E-state index contributed by atoms with van der Waals surface area (Å²) in [6.07, 6.45) is 6.06. The molecule has 4 rings (SSSR count). The molecule has 1 saturated heterocycles. The van der Waals surface area contributed by atoms with Gasteiger partial charge in [0.1, 0.15) is 0 Å². The van der Waals surface area contributed by atoms with E-state index in [2.05, 4.69) is 48.6 Å². The zero-order valence-corrected chi connectivity index (χ0v) is 18.6. The molecule has 1 aliphatic heterocycles. The van der Waals surface area contributed by atoms with E-state index in [0.717, 1.165) is 44.9 Å². The Morgan fingerprint density at radius 3 is 2.29 bits per heavy atom. The normalized spacial score (nSPS) is 30.8. The third kappa shape index (κ3) is 3.94. The molecule has 1 atom stereocenters. The van der Waals surface area contributed by atoms with Gasteiger partial charge in [0.15, 0.2) is 0 Å². The molecule has 2 amide bonds. The average molecular weight is 430 g/mol. The van der Waals surface area contributed by atoms with Crippen LogP contribution in [0.4, 0.5) is 4.79 Å². The zero-order valence-electron chi connectivity index (χ0n) is 18.6. The summed E-state index contributed by atoms with van der Waals surface area (Å²) in [6.45, 7) is 0.799. The summed E-state index contributed by atoms with van der Waals surface area (Å²) in [7, 11) is 4.14. The largest absolute Gasteiger partial charge is 0.481 e. The lowest BCUT2D eigenvalue weighted by Gasteiger charge is -2.58. The Bertz CT molecular complexity index is 813. The molecule has 0 aromatic heterocycles. The number of nitrogens with one attached hydrogen (secondary N) is 1. The summed E-state index contributed by atoms with van der Waals surface area (Å²) in [4.78, 5) is 27.3. The van der Waals surface area contributed by atoms with Crippen LogP contribution in [-0.2, 0) is 10.2 Å². The molecular formula is C24H35N3O4. The minimum absolute atomic E-state index is 0.00807. The highest BCUT2D eigenvalue weighted by Gasteiger charge is 2.58. The van der Waals surface area contributed by atoms with E-state index >= 15 is 0 Å². The van der Waals surface area contributed by atoms with Crippen LogP contribution in [-0.4, -0.2) is 76.4 Å². The van der Waals surface area contributed by atoms with Gasteiger partial charge in [-0.05, 0) is 64.6 Å². The minimum atomic E-state index is -0.886. The molecule has 3 N–H and O–H groups in total. The first kappa shape index (κ1) is 22.1. The first-order valence-corrected chi connectivity index (χ1v) is 11.4. The van der Waals surface area contributed by atoms with Crippen molar-refractivity contribution in [2.75, 3.05) is 27.2 Å². The summed E-state index contributed by atoms with van der Waals surface area (Å²) >= 11 is 0. The Hall–Kier alpha value is -2.12. The van der Waals surface area contributed by atoms with E-state index in [4.69, 9.17) is 5.11 Å². The number of hydrogen-bond donors (Lipinski definition) is 3. The molecule has 3 aliphatic rings. The van der Waals surface area contributed by atoms with Gasteiger partial charge in [0.2, 0.25) is 0 Å². The molecular weight excluding hydrogens is 394 g/mol. The van der Waals surface area contributed by atoms with Crippen molar-refractivity contribution < 1.29 is 19.8 Å².